The molecule has 0 bridgehead atoms. The standard InChI is InChI=1S/C14H13I2N/c15-13-5-1-11(2-6-13)9-17-10-12-3-7-14(16)8-4-12/h1-8,17H,9-10H2/p+1. The lowest BCUT2D eigenvalue weighted by atomic mass is 10.2. The number of quaternary nitrogens is 1. The summed E-state index contributed by atoms with van der Waals surface area (Å²) >= 11 is 4.67. The molecule has 0 heterocycles. The van der Waals surface area contributed by atoms with E-state index >= 15 is 0 Å². The quantitative estimate of drug-likeness (QED) is 0.690. The Kier molecular flexibility index (Phi) is 5.24. The zero-order chi connectivity index (χ0) is 12.1. The Bertz CT molecular complexity index is 417. The Morgan fingerprint density at radius 1 is 0.647 bits per heavy atom. The summed E-state index contributed by atoms with van der Waals surface area (Å²) in [6, 6.07) is 17.4. The molecule has 0 radical (unpaired) electrons. The highest BCUT2D eigenvalue weighted by Crippen LogP contribution is 2.06. The maximum atomic E-state index is 2.34. The van der Waals surface area contributed by atoms with Crippen LogP contribution in [-0.2, 0) is 13.1 Å². The summed E-state index contributed by atoms with van der Waals surface area (Å²) in [5.74, 6) is 0. The molecule has 2 aromatic carbocycles. The van der Waals surface area contributed by atoms with Gasteiger partial charge in [0.2, 0.25) is 0 Å². The second-order valence-electron chi connectivity index (χ2n) is 3.95. The first-order valence-electron chi connectivity index (χ1n) is 5.54. The number of rotatable bonds is 4. The van der Waals surface area contributed by atoms with Gasteiger partial charge in [0.05, 0.1) is 0 Å². The van der Waals surface area contributed by atoms with E-state index in [1.165, 1.54) is 18.3 Å². The predicted molar refractivity (Wildman–Crippen MR) is 87.7 cm³/mol. The molecule has 0 saturated carbocycles. The minimum atomic E-state index is 1.04. The summed E-state index contributed by atoms with van der Waals surface area (Å²) in [7, 11) is 0. The Labute approximate surface area is 129 Å². The van der Waals surface area contributed by atoms with Gasteiger partial charge in [-0.2, -0.15) is 0 Å². The molecule has 0 atom stereocenters. The summed E-state index contributed by atoms with van der Waals surface area (Å²) < 4.78 is 2.59. The fraction of sp³-hybridized carbons (Fsp3) is 0.143. The van der Waals surface area contributed by atoms with Crippen LogP contribution < -0.4 is 5.32 Å². The molecule has 0 aliphatic rings. The van der Waals surface area contributed by atoms with Crippen molar-refractivity contribution in [2.75, 3.05) is 0 Å². The monoisotopic (exact) mass is 450 g/mol. The van der Waals surface area contributed by atoms with E-state index in [0.717, 1.165) is 13.1 Å². The Morgan fingerprint density at radius 2 is 1.00 bits per heavy atom. The maximum Gasteiger partial charge on any atom is 0.101 e. The van der Waals surface area contributed by atoms with Crippen molar-refractivity contribution in [3.8, 4) is 0 Å². The van der Waals surface area contributed by atoms with Crippen molar-refractivity contribution in [1.82, 2.24) is 0 Å². The first-order chi connectivity index (χ1) is 8.24. The average molecular weight is 450 g/mol. The molecule has 2 aromatic rings. The molecule has 0 unspecified atom stereocenters. The molecule has 17 heavy (non-hydrogen) atoms. The van der Waals surface area contributed by atoms with Crippen LogP contribution in [0.1, 0.15) is 11.1 Å². The van der Waals surface area contributed by atoms with Crippen LogP contribution in [0.5, 0.6) is 0 Å². The molecule has 1 nitrogen and oxygen atoms in total. The van der Waals surface area contributed by atoms with Gasteiger partial charge >= 0.3 is 0 Å². The van der Waals surface area contributed by atoms with E-state index in [1.54, 1.807) is 0 Å². The molecule has 3 heteroatoms. The number of hydrogen-bond donors (Lipinski definition) is 1. The van der Waals surface area contributed by atoms with Gasteiger partial charge in [0.15, 0.2) is 0 Å². The topological polar surface area (TPSA) is 16.6 Å². The van der Waals surface area contributed by atoms with E-state index < -0.39 is 0 Å². The molecule has 0 aliphatic carbocycles. The van der Waals surface area contributed by atoms with Crippen LogP contribution in [0, 0.1) is 7.14 Å². The summed E-state index contributed by atoms with van der Waals surface area (Å²) in [6.07, 6.45) is 0. The van der Waals surface area contributed by atoms with Crippen molar-refractivity contribution in [3.05, 3.63) is 66.8 Å². The summed E-state index contributed by atoms with van der Waals surface area (Å²) in [4.78, 5) is 0. The first kappa shape index (κ1) is 13.3. The van der Waals surface area contributed by atoms with Crippen LogP contribution in [0.3, 0.4) is 0 Å². The molecule has 88 valence electrons. The fourth-order valence-corrected chi connectivity index (χ4v) is 2.37. The van der Waals surface area contributed by atoms with Gasteiger partial charge in [0.1, 0.15) is 13.1 Å². The number of hydrogen-bond acceptors (Lipinski definition) is 0. The lowest BCUT2D eigenvalue weighted by Gasteiger charge is -2.03. The van der Waals surface area contributed by atoms with E-state index in [-0.39, 0.29) is 0 Å². The fourth-order valence-electron chi connectivity index (χ4n) is 1.65. The average Bonchev–Trinajstić information content (AvgIpc) is 2.34. The van der Waals surface area contributed by atoms with Gasteiger partial charge < -0.3 is 5.32 Å². The largest absolute Gasteiger partial charge is 0.339 e. The number of halogens is 2. The molecule has 0 amide bonds. The van der Waals surface area contributed by atoms with Crippen LogP contribution in [0.2, 0.25) is 0 Å². The Hall–Kier alpha value is -0.140. The van der Waals surface area contributed by atoms with Gasteiger partial charge in [-0.15, -0.1) is 0 Å². The maximum absolute atomic E-state index is 2.34. The number of benzene rings is 2. The molecule has 2 rings (SSSR count). The second kappa shape index (κ2) is 6.70. The molecule has 0 saturated heterocycles. The molecular formula is C14H14I2N+. The van der Waals surface area contributed by atoms with Crippen molar-refractivity contribution < 1.29 is 5.32 Å². The molecular weight excluding hydrogens is 436 g/mol. The first-order valence-corrected chi connectivity index (χ1v) is 7.70. The van der Waals surface area contributed by atoms with Gasteiger partial charge in [-0.25, -0.2) is 0 Å². The molecule has 0 aliphatic heterocycles. The zero-order valence-electron chi connectivity index (χ0n) is 9.37. The van der Waals surface area contributed by atoms with Gasteiger partial charge in [0.25, 0.3) is 0 Å². The van der Waals surface area contributed by atoms with Gasteiger partial charge in [-0.05, 0) is 69.4 Å². The lowest BCUT2D eigenvalue weighted by molar-refractivity contribution is -0.686. The predicted octanol–water partition coefficient (Wildman–Crippen LogP) is 3.16. The van der Waals surface area contributed by atoms with Crippen molar-refractivity contribution >= 4 is 45.2 Å². The minimum Gasteiger partial charge on any atom is -0.339 e. The third-order valence-corrected chi connectivity index (χ3v) is 4.02. The molecule has 0 fully saturated rings. The highest BCUT2D eigenvalue weighted by atomic mass is 127. The third-order valence-electron chi connectivity index (χ3n) is 2.59. The SMILES string of the molecule is Ic1ccc(C[NH2+]Cc2ccc(I)cc2)cc1. The van der Waals surface area contributed by atoms with Crippen molar-refractivity contribution in [1.29, 1.82) is 0 Å². The summed E-state index contributed by atoms with van der Waals surface area (Å²) in [5.41, 5.74) is 2.77. The molecule has 0 aromatic heterocycles. The van der Waals surface area contributed by atoms with Crippen LogP contribution in [0.15, 0.2) is 48.5 Å². The van der Waals surface area contributed by atoms with E-state index in [4.69, 9.17) is 0 Å². The zero-order valence-corrected chi connectivity index (χ0v) is 13.7. The highest BCUT2D eigenvalue weighted by molar-refractivity contribution is 14.1. The summed E-state index contributed by atoms with van der Waals surface area (Å²) in [6.45, 7) is 2.09. The van der Waals surface area contributed by atoms with E-state index in [1.807, 2.05) is 0 Å². The minimum absolute atomic E-state index is 1.04. The molecule has 2 N–H and O–H groups in total. The lowest BCUT2D eigenvalue weighted by Crippen LogP contribution is -2.80. The molecule has 0 spiro atoms. The highest BCUT2D eigenvalue weighted by Gasteiger charge is 1.97. The van der Waals surface area contributed by atoms with Gasteiger partial charge in [-0.1, -0.05) is 24.3 Å². The van der Waals surface area contributed by atoms with Crippen LogP contribution in [0.4, 0.5) is 0 Å². The van der Waals surface area contributed by atoms with Gasteiger partial charge in [0, 0.05) is 18.3 Å². The van der Waals surface area contributed by atoms with Crippen molar-refractivity contribution in [2.45, 2.75) is 13.1 Å². The van der Waals surface area contributed by atoms with E-state index in [0.29, 0.717) is 0 Å². The Morgan fingerprint density at radius 3 is 1.35 bits per heavy atom. The van der Waals surface area contributed by atoms with E-state index in [9.17, 15) is 0 Å². The number of nitrogens with two attached hydrogens (primary N) is 1. The van der Waals surface area contributed by atoms with Crippen molar-refractivity contribution in [2.24, 2.45) is 0 Å². The normalized spacial score (nSPS) is 10.5. The van der Waals surface area contributed by atoms with Crippen molar-refractivity contribution in [3.63, 3.8) is 0 Å². The van der Waals surface area contributed by atoms with Crippen LogP contribution in [0.25, 0.3) is 0 Å². The van der Waals surface area contributed by atoms with Gasteiger partial charge in [-0.3, -0.25) is 0 Å². The van der Waals surface area contributed by atoms with Crippen LogP contribution >= 0.6 is 45.2 Å². The second-order valence-corrected chi connectivity index (χ2v) is 6.44. The summed E-state index contributed by atoms with van der Waals surface area (Å²) in [5, 5.41) is 2.34. The van der Waals surface area contributed by atoms with Crippen LogP contribution in [-0.4, -0.2) is 0 Å². The Balaban J connectivity index is 1.83. The smallest absolute Gasteiger partial charge is 0.101 e. The van der Waals surface area contributed by atoms with E-state index in [2.05, 4.69) is 99.0 Å². The third kappa shape index (κ3) is 4.56.